The van der Waals surface area contributed by atoms with E-state index < -0.39 is 0 Å². The summed E-state index contributed by atoms with van der Waals surface area (Å²) in [7, 11) is 0. The van der Waals surface area contributed by atoms with Crippen molar-refractivity contribution in [3.63, 3.8) is 0 Å². The first kappa shape index (κ1) is 15.7. The highest BCUT2D eigenvalue weighted by Gasteiger charge is 2.24. The van der Waals surface area contributed by atoms with Gasteiger partial charge in [0.15, 0.2) is 0 Å². The molecule has 2 aromatic heterocycles. The fraction of sp³-hybridized carbons (Fsp3) is 0.444. The SMILES string of the molecule is O=C(NCCc1ccco1)C1CCN(Cc2ccncc2)CC1. The zero-order valence-electron chi connectivity index (χ0n) is 13.3. The standard InChI is InChI=1S/C18H23N3O2/c22-18(20-10-5-17-2-1-13-23-17)16-6-11-21(12-7-16)14-15-3-8-19-9-4-15/h1-4,8-9,13,16H,5-7,10-12,14H2,(H,20,22). The van der Waals surface area contributed by atoms with E-state index in [2.05, 4.69) is 15.2 Å². The molecule has 1 saturated heterocycles. The minimum atomic E-state index is 0.139. The Morgan fingerprint density at radius 1 is 1.26 bits per heavy atom. The Hall–Kier alpha value is -2.14. The Morgan fingerprint density at radius 3 is 2.74 bits per heavy atom. The van der Waals surface area contributed by atoms with Crippen molar-refractivity contribution < 1.29 is 9.21 Å². The third kappa shape index (κ3) is 4.66. The number of aromatic nitrogens is 1. The molecule has 0 aliphatic carbocycles. The van der Waals surface area contributed by atoms with Crippen molar-refractivity contribution >= 4 is 5.91 Å². The number of nitrogens with one attached hydrogen (secondary N) is 1. The lowest BCUT2D eigenvalue weighted by Gasteiger charge is -2.31. The van der Waals surface area contributed by atoms with E-state index in [1.165, 1.54) is 5.56 Å². The Bertz CT molecular complexity index is 590. The van der Waals surface area contributed by atoms with E-state index in [9.17, 15) is 4.79 Å². The number of likely N-dealkylation sites (tertiary alicyclic amines) is 1. The molecule has 3 heterocycles. The number of rotatable bonds is 6. The normalized spacial score (nSPS) is 16.3. The molecule has 1 aliphatic heterocycles. The summed E-state index contributed by atoms with van der Waals surface area (Å²) in [5.74, 6) is 1.23. The molecule has 0 spiro atoms. The summed E-state index contributed by atoms with van der Waals surface area (Å²) >= 11 is 0. The summed E-state index contributed by atoms with van der Waals surface area (Å²) < 4.78 is 5.27. The maximum absolute atomic E-state index is 12.2. The molecule has 1 N–H and O–H groups in total. The van der Waals surface area contributed by atoms with Crippen LogP contribution in [0.4, 0.5) is 0 Å². The zero-order chi connectivity index (χ0) is 15.9. The van der Waals surface area contributed by atoms with Crippen molar-refractivity contribution in [2.24, 2.45) is 5.92 Å². The van der Waals surface area contributed by atoms with Gasteiger partial charge in [0.25, 0.3) is 0 Å². The number of amides is 1. The number of nitrogens with zero attached hydrogens (tertiary/aromatic N) is 2. The molecule has 1 aliphatic rings. The molecule has 0 unspecified atom stereocenters. The minimum absolute atomic E-state index is 0.139. The van der Waals surface area contributed by atoms with Crippen molar-refractivity contribution in [1.82, 2.24) is 15.2 Å². The van der Waals surface area contributed by atoms with Crippen LogP contribution in [-0.2, 0) is 17.8 Å². The van der Waals surface area contributed by atoms with Crippen LogP contribution >= 0.6 is 0 Å². The van der Waals surface area contributed by atoms with Gasteiger partial charge >= 0.3 is 0 Å². The average Bonchev–Trinajstić information content (AvgIpc) is 3.10. The lowest BCUT2D eigenvalue weighted by molar-refractivity contribution is -0.126. The second kappa shape index (κ2) is 7.92. The van der Waals surface area contributed by atoms with Gasteiger partial charge in [-0.2, -0.15) is 0 Å². The number of hydrogen-bond acceptors (Lipinski definition) is 4. The van der Waals surface area contributed by atoms with Crippen molar-refractivity contribution in [3.8, 4) is 0 Å². The number of carbonyl (C=O) groups excluding carboxylic acids is 1. The summed E-state index contributed by atoms with van der Waals surface area (Å²) in [6, 6.07) is 7.90. The van der Waals surface area contributed by atoms with E-state index in [4.69, 9.17) is 4.42 Å². The first-order chi connectivity index (χ1) is 11.3. The molecule has 5 nitrogen and oxygen atoms in total. The number of furan rings is 1. The molecule has 5 heteroatoms. The second-order valence-corrected chi connectivity index (χ2v) is 6.03. The number of pyridine rings is 1. The lowest BCUT2D eigenvalue weighted by atomic mass is 9.95. The van der Waals surface area contributed by atoms with E-state index in [-0.39, 0.29) is 11.8 Å². The van der Waals surface area contributed by atoms with E-state index >= 15 is 0 Å². The zero-order valence-corrected chi connectivity index (χ0v) is 13.3. The molecule has 1 amide bonds. The molecular weight excluding hydrogens is 290 g/mol. The summed E-state index contributed by atoms with van der Waals surface area (Å²) in [6.45, 7) is 3.52. The van der Waals surface area contributed by atoms with Crippen LogP contribution in [0.1, 0.15) is 24.2 Å². The van der Waals surface area contributed by atoms with Crippen LogP contribution in [-0.4, -0.2) is 35.4 Å². The number of piperidine rings is 1. The van der Waals surface area contributed by atoms with Crippen molar-refractivity contribution in [2.75, 3.05) is 19.6 Å². The summed E-state index contributed by atoms with van der Waals surface area (Å²) in [5, 5.41) is 3.03. The van der Waals surface area contributed by atoms with Crippen LogP contribution in [0.3, 0.4) is 0 Å². The molecule has 0 radical (unpaired) electrons. The fourth-order valence-electron chi connectivity index (χ4n) is 3.01. The quantitative estimate of drug-likeness (QED) is 0.888. The number of carbonyl (C=O) groups is 1. The van der Waals surface area contributed by atoms with Gasteiger partial charge in [0, 0.05) is 37.8 Å². The van der Waals surface area contributed by atoms with Crippen LogP contribution < -0.4 is 5.32 Å². The van der Waals surface area contributed by atoms with Gasteiger partial charge in [-0.3, -0.25) is 14.7 Å². The predicted octanol–water partition coefficient (Wildman–Crippen LogP) is 2.25. The monoisotopic (exact) mass is 313 g/mol. The van der Waals surface area contributed by atoms with Gasteiger partial charge in [-0.05, 0) is 55.8 Å². The molecule has 2 aromatic rings. The van der Waals surface area contributed by atoms with Gasteiger partial charge in [-0.1, -0.05) is 0 Å². The molecule has 0 aromatic carbocycles. The Labute approximate surface area is 136 Å². The van der Waals surface area contributed by atoms with E-state index in [0.717, 1.165) is 44.7 Å². The van der Waals surface area contributed by atoms with Crippen LogP contribution in [0, 0.1) is 5.92 Å². The van der Waals surface area contributed by atoms with E-state index in [1.54, 1.807) is 6.26 Å². The second-order valence-electron chi connectivity index (χ2n) is 6.03. The van der Waals surface area contributed by atoms with Crippen molar-refractivity contribution in [2.45, 2.75) is 25.8 Å². The van der Waals surface area contributed by atoms with Crippen LogP contribution in [0.2, 0.25) is 0 Å². The molecule has 0 bridgehead atoms. The van der Waals surface area contributed by atoms with Crippen LogP contribution in [0.25, 0.3) is 0 Å². The first-order valence-corrected chi connectivity index (χ1v) is 8.22. The highest BCUT2D eigenvalue weighted by atomic mass is 16.3. The fourth-order valence-corrected chi connectivity index (χ4v) is 3.01. The topological polar surface area (TPSA) is 58.4 Å². The van der Waals surface area contributed by atoms with Gasteiger partial charge in [0.2, 0.25) is 5.91 Å². The van der Waals surface area contributed by atoms with Crippen LogP contribution in [0.5, 0.6) is 0 Å². The largest absolute Gasteiger partial charge is 0.469 e. The highest BCUT2D eigenvalue weighted by Crippen LogP contribution is 2.19. The third-order valence-corrected chi connectivity index (χ3v) is 4.36. The van der Waals surface area contributed by atoms with Gasteiger partial charge < -0.3 is 9.73 Å². The van der Waals surface area contributed by atoms with Gasteiger partial charge in [0.05, 0.1) is 6.26 Å². The molecule has 122 valence electrons. The third-order valence-electron chi connectivity index (χ3n) is 4.36. The molecule has 0 saturated carbocycles. The maximum Gasteiger partial charge on any atom is 0.223 e. The Balaban J connectivity index is 1.37. The van der Waals surface area contributed by atoms with E-state index in [1.807, 2.05) is 36.7 Å². The average molecular weight is 313 g/mol. The van der Waals surface area contributed by atoms with Gasteiger partial charge in [0.1, 0.15) is 5.76 Å². The van der Waals surface area contributed by atoms with Gasteiger partial charge in [-0.25, -0.2) is 0 Å². The smallest absolute Gasteiger partial charge is 0.223 e. The van der Waals surface area contributed by atoms with Crippen molar-refractivity contribution in [1.29, 1.82) is 0 Å². The van der Waals surface area contributed by atoms with E-state index in [0.29, 0.717) is 6.54 Å². The lowest BCUT2D eigenvalue weighted by Crippen LogP contribution is -2.40. The molecule has 23 heavy (non-hydrogen) atoms. The summed E-state index contributed by atoms with van der Waals surface area (Å²) in [4.78, 5) is 18.7. The maximum atomic E-state index is 12.2. The van der Waals surface area contributed by atoms with Gasteiger partial charge in [-0.15, -0.1) is 0 Å². The molecule has 3 rings (SSSR count). The Kier molecular flexibility index (Phi) is 5.42. The minimum Gasteiger partial charge on any atom is -0.469 e. The summed E-state index contributed by atoms with van der Waals surface area (Å²) in [6.07, 6.45) is 7.92. The molecular formula is C18H23N3O2. The first-order valence-electron chi connectivity index (χ1n) is 8.22. The van der Waals surface area contributed by atoms with Crippen molar-refractivity contribution in [3.05, 3.63) is 54.2 Å². The predicted molar refractivity (Wildman–Crippen MR) is 87.7 cm³/mol. The molecule has 0 atom stereocenters. The summed E-state index contributed by atoms with van der Waals surface area (Å²) in [5.41, 5.74) is 1.28. The highest BCUT2D eigenvalue weighted by molar-refractivity contribution is 5.78. The molecule has 1 fully saturated rings. The Morgan fingerprint density at radius 2 is 2.04 bits per heavy atom. The number of hydrogen-bond donors (Lipinski definition) is 1. The van der Waals surface area contributed by atoms with Crippen LogP contribution in [0.15, 0.2) is 47.3 Å².